The van der Waals surface area contributed by atoms with Gasteiger partial charge in [-0.1, -0.05) is 15.9 Å². The lowest BCUT2D eigenvalue weighted by atomic mass is 10.1. The summed E-state index contributed by atoms with van der Waals surface area (Å²) in [6, 6.07) is 4.03. The molecule has 2 N–H and O–H groups in total. The first-order valence-corrected chi connectivity index (χ1v) is 6.57. The molecule has 0 aliphatic carbocycles. The second-order valence-electron chi connectivity index (χ2n) is 4.06. The topological polar surface area (TPSA) is 53.1 Å². The summed E-state index contributed by atoms with van der Waals surface area (Å²) < 4.78 is 8.85. The van der Waals surface area contributed by atoms with Crippen LogP contribution in [0.15, 0.2) is 35.3 Å². The fourth-order valence-corrected chi connectivity index (χ4v) is 2.45. The van der Waals surface area contributed by atoms with Gasteiger partial charge in [0.25, 0.3) is 0 Å². The Bertz CT molecular complexity index is 511. The Labute approximate surface area is 115 Å². The van der Waals surface area contributed by atoms with Crippen LogP contribution in [-0.4, -0.2) is 16.2 Å². The quantitative estimate of drug-likeness (QED) is 0.923. The van der Waals surface area contributed by atoms with Gasteiger partial charge in [0.15, 0.2) is 0 Å². The van der Waals surface area contributed by atoms with Gasteiger partial charge >= 0.3 is 0 Å². The van der Waals surface area contributed by atoms with E-state index >= 15 is 0 Å². The van der Waals surface area contributed by atoms with Crippen LogP contribution in [0.3, 0.4) is 0 Å². The molecule has 0 aliphatic heterocycles. The monoisotopic (exact) mass is 309 g/mol. The van der Waals surface area contributed by atoms with Crippen molar-refractivity contribution in [3.63, 3.8) is 0 Å². The SMILES string of the molecule is Cc1cc(Br)cc(CN)c1OCCn1ccnc1. The minimum Gasteiger partial charge on any atom is -0.491 e. The molecule has 96 valence electrons. The number of hydrogen-bond acceptors (Lipinski definition) is 3. The van der Waals surface area contributed by atoms with Crippen LogP contribution in [0, 0.1) is 6.92 Å². The van der Waals surface area contributed by atoms with Gasteiger partial charge in [-0.3, -0.25) is 0 Å². The van der Waals surface area contributed by atoms with Crippen LogP contribution < -0.4 is 10.5 Å². The maximum absolute atomic E-state index is 5.84. The number of ether oxygens (including phenoxy) is 1. The van der Waals surface area contributed by atoms with E-state index in [4.69, 9.17) is 10.5 Å². The lowest BCUT2D eigenvalue weighted by Gasteiger charge is -2.14. The van der Waals surface area contributed by atoms with E-state index in [0.717, 1.165) is 27.9 Å². The number of aromatic nitrogens is 2. The molecule has 1 aromatic carbocycles. The molecule has 0 radical (unpaired) electrons. The number of hydrogen-bond donors (Lipinski definition) is 1. The fourth-order valence-electron chi connectivity index (χ4n) is 1.83. The molecule has 18 heavy (non-hydrogen) atoms. The fraction of sp³-hybridized carbons (Fsp3) is 0.308. The molecule has 2 aromatic rings. The average Bonchev–Trinajstić information content (AvgIpc) is 2.84. The maximum Gasteiger partial charge on any atom is 0.126 e. The molecule has 4 nitrogen and oxygen atoms in total. The normalized spacial score (nSPS) is 10.6. The van der Waals surface area contributed by atoms with Crippen molar-refractivity contribution in [1.82, 2.24) is 9.55 Å². The van der Waals surface area contributed by atoms with Gasteiger partial charge in [0.1, 0.15) is 12.4 Å². The highest BCUT2D eigenvalue weighted by molar-refractivity contribution is 9.10. The van der Waals surface area contributed by atoms with Crippen LogP contribution in [-0.2, 0) is 13.1 Å². The van der Waals surface area contributed by atoms with Crippen LogP contribution >= 0.6 is 15.9 Å². The first-order valence-electron chi connectivity index (χ1n) is 5.78. The first kappa shape index (κ1) is 13.1. The zero-order valence-electron chi connectivity index (χ0n) is 10.3. The van der Waals surface area contributed by atoms with E-state index in [1.165, 1.54) is 0 Å². The summed E-state index contributed by atoms with van der Waals surface area (Å²) >= 11 is 3.46. The number of aryl methyl sites for hydroxylation is 1. The number of benzene rings is 1. The standard InChI is InChI=1S/C13H16BrN3O/c1-10-6-12(14)7-11(8-15)13(10)18-5-4-17-3-2-16-9-17/h2-3,6-7,9H,4-5,8,15H2,1H3. The smallest absolute Gasteiger partial charge is 0.126 e. The summed E-state index contributed by atoms with van der Waals surface area (Å²) in [5.74, 6) is 0.890. The molecule has 0 atom stereocenters. The van der Waals surface area contributed by atoms with E-state index < -0.39 is 0 Å². The molecule has 1 aromatic heterocycles. The molecular formula is C13H16BrN3O. The van der Waals surface area contributed by atoms with Crippen LogP contribution in [0.2, 0.25) is 0 Å². The Morgan fingerprint density at radius 3 is 2.94 bits per heavy atom. The molecule has 0 unspecified atom stereocenters. The van der Waals surface area contributed by atoms with Gasteiger partial charge < -0.3 is 15.0 Å². The largest absolute Gasteiger partial charge is 0.491 e. The van der Waals surface area contributed by atoms with Crippen molar-refractivity contribution in [2.75, 3.05) is 6.61 Å². The van der Waals surface area contributed by atoms with E-state index in [2.05, 4.69) is 20.9 Å². The van der Waals surface area contributed by atoms with Crippen LogP contribution in [0.4, 0.5) is 0 Å². The summed E-state index contributed by atoms with van der Waals surface area (Å²) in [6.45, 7) is 3.88. The van der Waals surface area contributed by atoms with Gasteiger partial charge in [-0.05, 0) is 24.6 Å². The highest BCUT2D eigenvalue weighted by atomic mass is 79.9. The Kier molecular flexibility index (Phi) is 4.38. The predicted molar refractivity (Wildman–Crippen MR) is 74.5 cm³/mol. The van der Waals surface area contributed by atoms with Crippen molar-refractivity contribution in [1.29, 1.82) is 0 Å². The number of rotatable bonds is 5. The van der Waals surface area contributed by atoms with Crippen molar-refractivity contribution in [2.45, 2.75) is 20.0 Å². The molecule has 0 aliphatic rings. The lowest BCUT2D eigenvalue weighted by molar-refractivity contribution is 0.293. The minimum absolute atomic E-state index is 0.473. The van der Waals surface area contributed by atoms with Gasteiger partial charge in [0, 0.05) is 29.0 Å². The summed E-state index contributed by atoms with van der Waals surface area (Å²) in [6.07, 6.45) is 5.46. The third kappa shape index (κ3) is 3.11. The van der Waals surface area contributed by atoms with E-state index in [1.807, 2.05) is 29.8 Å². The third-order valence-electron chi connectivity index (χ3n) is 2.69. The second kappa shape index (κ2) is 6.02. The molecular weight excluding hydrogens is 294 g/mol. The molecule has 0 saturated heterocycles. The van der Waals surface area contributed by atoms with Gasteiger partial charge in [0.05, 0.1) is 12.9 Å². The van der Waals surface area contributed by atoms with E-state index in [0.29, 0.717) is 13.2 Å². The van der Waals surface area contributed by atoms with Crippen molar-refractivity contribution in [2.24, 2.45) is 5.73 Å². The van der Waals surface area contributed by atoms with E-state index in [-0.39, 0.29) is 0 Å². The zero-order chi connectivity index (χ0) is 13.0. The number of halogens is 1. The Morgan fingerprint density at radius 1 is 1.44 bits per heavy atom. The Balaban J connectivity index is 2.04. The van der Waals surface area contributed by atoms with Gasteiger partial charge in [-0.15, -0.1) is 0 Å². The van der Waals surface area contributed by atoms with Crippen LogP contribution in [0.5, 0.6) is 5.75 Å². The third-order valence-corrected chi connectivity index (χ3v) is 3.15. The van der Waals surface area contributed by atoms with E-state index in [9.17, 15) is 0 Å². The summed E-state index contributed by atoms with van der Waals surface area (Å²) in [7, 11) is 0. The number of nitrogens with two attached hydrogens (primary N) is 1. The summed E-state index contributed by atoms with van der Waals surface area (Å²) in [5.41, 5.74) is 7.85. The van der Waals surface area contributed by atoms with Crippen molar-refractivity contribution >= 4 is 15.9 Å². The zero-order valence-corrected chi connectivity index (χ0v) is 11.9. The average molecular weight is 310 g/mol. The lowest BCUT2D eigenvalue weighted by Crippen LogP contribution is -2.10. The van der Waals surface area contributed by atoms with Crippen molar-refractivity contribution < 1.29 is 4.74 Å². The Hall–Kier alpha value is -1.33. The van der Waals surface area contributed by atoms with E-state index in [1.54, 1.807) is 12.5 Å². The second-order valence-corrected chi connectivity index (χ2v) is 4.98. The molecule has 2 rings (SSSR count). The van der Waals surface area contributed by atoms with Gasteiger partial charge in [-0.25, -0.2) is 4.98 Å². The van der Waals surface area contributed by atoms with Crippen molar-refractivity contribution in [3.05, 3.63) is 46.5 Å². The summed E-state index contributed by atoms with van der Waals surface area (Å²) in [5, 5.41) is 0. The first-order chi connectivity index (χ1) is 8.70. The molecule has 0 amide bonds. The summed E-state index contributed by atoms with van der Waals surface area (Å²) in [4.78, 5) is 3.99. The molecule has 5 heteroatoms. The molecule has 0 fully saturated rings. The number of imidazole rings is 1. The molecule has 0 spiro atoms. The molecule has 0 bridgehead atoms. The highest BCUT2D eigenvalue weighted by Gasteiger charge is 2.07. The van der Waals surface area contributed by atoms with Gasteiger partial charge in [-0.2, -0.15) is 0 Å². The van der Waals surface area contributed by atoms with Crippen LogP contribution in [0.1, 0.15) is 11.1 Å². The maximum atomic E-state index is 5.84. The van der Waals surface area contributed by atoms with Gasteiger partial charge in [0.2, 0.25) is 0 Å². The minimum atomic E-state index is 0.473. The molecule has 0 saturated carbocycles. The number of nitrogens with zero attached hydrogens (tertiary/aromatic N) is 2. The van der Waals surface area contributed by atoms with Crippen LogP contribution in [0.25, 0.3) is 0 Å². The van der Waals surface area contributed by atoms with Crippen molar-refractivity contribution in [3.8, 4) is 5.75 Å². The Morgan fingerprint density at radius 2 is 2.28 bits per heavy atom. The predicted octanol–water partition coefficient (Wildman–Crippen LogP) is 2.49. The highest BCUT2D eigenvalue weighted by Crippen LogP contribution is 2.27. The molecule has 1 heterocycles.